The lowest BCUT2D eigenvalue weighted by molar-refractivity contribution is -0.118. The topological polar surface area (TPSA) is 67.4 Å². The molecule has 0 saturated heterocycles. The first kappa shape index (κ1) is 20.6. The molecule has 29 heavy (non-hydrogen) atoms. The van der Waals surface area contributed by atoms with Crippen molar-refractivity contribution in [1.82, 2.24) is 0 Å². The largest absolute Gasteiger partial charge is 0.483 e. The van der Waals surface area contributed by atoms with E-state index in [1.807, 2.05) is 36.4 Å². The Kier molecular flexibility index (Phi) is 7.03. The molecule has 3 aromatic carbocycles. The van der Waals surface area contributed by atoms with Crippen LogP contribution in [-0.4, -0.2) is 18.4 Å². The van der Waals surface area contributed by atoms with E-state index in [9.17, 15) is 9.59 Å². The van der Waals surface area contributed by atoms with Crippen LogP contribution in [0.25, 0.3) is 0 Å². The number of halogens is 1. The number of carbonyl (C=O) groups is 2. The second kappa shape index (κ2) is 9.89. The highest BCUT2D eigenvalue weighted by Gasteiger charge is 2.14. The van der Waals surface area contributed by atoms with Gasteiger partial charge in [0.15, 0.2) is 6.61 Å². The van der Waals surface area contributed by atoms with Crippen molar-refractivity contribution in [2.75, 3.05) is 17.2 Å². The van der Waals surface area contributed by atoms with Crippen molar-refractivity contribution < 1.29 is 14.3 Å². The van der Waals surface area contributed by atoms with Gasteiger partial charge in [0, 0.05) is 5.69 Å². The van der Waals surface area contributed by atoms with Crippen molar-refractivity contribution in [3.63, 3.8) is 0 Å². The lowest BCUT2D eigenvalue weighted by Gasteiger charge is -2.13. The van der Waals surface area contributed by atoms with E-state index in [2.05, 4.69) is 33.5 Å². The number of hydrogen-bond donors (Lipinski definition) is 2. The Hall–Kier alpha value is -3.12. The Balaban J connectivity index is 1.64. The number of rotatable bonds is 7. The van der Waals surface area contributed by atoms with Gasteiger partial charge >= 0.3 is 0 Å². The van der Waals surface area contributed by atoms with Crippen molar-refractivity contribution in [2.24, 2.45) is 0 Å². The van der Waals surface area contributed by atoms with Gasteiger partial charge in [-0.05, 0) is 64.3 Å². The molecule has 3 aromatic rings. The fraction of sp³-hybridized carbons (Fsp3) is 0.130. The summed E-state index contributed by atoms with van der Waals surface area (Å²) in [4.78, 5) is 25.0. The summed E-state index contributed by atoms with van der Waals surface area (Å²) in [6, 6.07) is 21.8. The Bertz CT molecular complexity index is 1010. The standard InChI is InChI=1S/C23H21BrN2O3/c1-2-16-12-13-21(19(24)14-16)29-15-22(27)26-20-11-7-6-10-18(20)23(28)25-17-8-4-3-5-9-17/h3-14H,2,15H2,1H3,(H,25,28)(H,26,27). The summed E-state index contributed by atoms with van der Waals surface area (Å²) in [6.45, 7) is 1.90. The Morgan fingerprint density at radius 2 is 1.66 bits per heavy atom. The van der Waals surface area contributed by atoms with E-state index in [1.165, 1.54) is 5.56 Å². The molecule has 6 heteroatoms. The number of benzene rings is 3. The van der Waals surface area contributed by atoms with Gasteiger partial charge in [-0.15, -0.1) is 0 Å². The fourth-order valence-electron chi connectivity index (χ4n) is 2.72. The predicted molar refractivity (Wildman–Crippen MR) is 118 cm³/mol. The van der Waals surface area contributed by atoms with Crippen molar-refractivity contribution in [3.05, 3.63) is 88.4 Å². The molecular formula is C23H21BrN2O3. The lowest BCUT2D eigenvalue weighted by atomic mass is 10.1. The van der Waals surface area contributed by atoms with Crippen LogP contribution in [0.3, 0.4) is 0 Å². The molecule has 0 saturated carbocycles. The van der Waals surface area contributed by atoms with E-state index in [1.54, 1.807) is 36.4 Å². The van der Waals surface area contributed by atoms with Gasteiger partial charge in [0.2, 0.25) is 0 Å². The van der Waals surface area contributed by atoms with Gasteiger partial charge in [0.05, 0.1) is 15.7 Å². The molecule has 2 amide bonds. The number of anilines is 2. The maximum atomic E-state index is 12.6. The summed E-state index contributed by atoms with van der Waals surface area (Å²) in [5, 5.41) is 5.57. The smallest absolute Gasteiger partial charge is 0.262 e. The van der Waals surface area contributed by atoms with E-state index in [-0.39, 0.29) is 18.4 Å². The van der Waals surface area contributed by atoms with Crippen LogP contribution in [0.4, 0.5) is 11.4 Å². The van der Waals surface area contributed by atoms with Gasteiger partial charge in [0.1, 0.15) is 5.75 Å². The molecule has 0 spiro atoms. The average Bonchev–Trinajstić information content (AvgIpc) is 2.74. The highest BCUT2D eigenvalue weighted by Crippen LogP contribution is 2.26. The molecule has 0 atom stereocenters. The summed E-state index contributed by atoms with van der Waals surface area (Å²) >= 11 is 3.46. The van der Waals surface area contributed by atoms with E-state index in [0.29, 0.717) is 22.7 Å². The van der Waals surface area contributed by atoms with Gasteiger partial charge < -0.3 is 15.4 Å². The molecular weight excluding hydrogens is 432 g/mol. The zero-order valence-corrected chi connectivity index (χ0v) is 17.5. The van der Waals surface area contributed by atoms with Crippen LogP contribution in [0.1, 0.15) is 22.8 Å². The minimum Gasteiger partial charge on any atom is -0.483 e. The molecule has 0 aliphatic heterocycles. The molecule has 0 aliphatic rings. The number of hydrogen-bond acceptors (Lipinski definition) is 3. The van der Waals surface area contributed by atoms with Gasteiger partial charge in [-0.1, -0.05) is 43.3 Å². The highest BCUT2D eigenvalue weighted by atomic mass is 79.9. The first-order valence-electron chi connectivity index (χ1n) is 9.23. The normalized spacial score (nSPS) is 10.3. The Labute approximate surface area is 178 Å². The van der Waals surface area contributed by atoms with Gasteiger partial charge in [-0.3, -0.25) is 9.59 Å². The quantitative estimate of drug-likeness (QED) is 0.512. The number of amides is 2. The van der Waals surface area contributed by atoms with Crippen LogP contribution in [0.5, 0.6) is 5.75 Å². The summed E-state index contributed by atoms with van der Waals surface area (Å²) in [5.41, 5.74) is 2.66. The van der Waals surface area contributed by atoms with E-state index >= 15 is 0 Å². The second-order valence-electron chi connectivity index (χ2n) is 6.32. The minimum atomic E-state index is -0.351. The molecule has 0 aliphatic carbocycles. The van der Waals surface area contributed by atoms with Crippen LogP contribution in [0.15, 0.2) is 77.3 Å². The van der Waals surface area contributed by atoms with E-state index in [4.69, 9.17) is 4.74 Å². The highest BCUT2D eigenvalue weighted by molar-refractivity contribution is 9.10. The van der Waals surface area contributed by atoms with Gasteiger partial charge in [-0.25, -0.2) is 0 Å². The Morgan fingerprint density at radius 3 is 2.38 bits per heavy atom. The van der Waals surface area contributed by atoms with Gasteiger partial charge in [-0.2, -0.15) is 0 Å². The molecule has 0 aromatic heterocycles. The first-order valence-corrected chi connectivity index (χ1v) is 10.0. The van der Waals surface area contributed by atoms with Crippen LogP contribution >= 0.6 is 15.9 Å². The zero-order valence-electron chi connectivity index (χ0n) is 15.9. The van der Waals surface area contributed by atoms with Crippen LogP contribution in [-0.2, 0) is 11.2 Å². The van der Waals surface area contributed by atoms with Crippen molar-refractivity contribution in [3.8, 4) is 5.75 Å². The molecule has 0 fully saturated rings. The van der Waals surface area contributed by atoms with Crippen LogP contribution in [0, 0.1) is 0 Å². The van der Waals surface area contributed by atoms with Crippen molar-refractivity contribution in [1.29, 1.82) is 0 Å². The molecule has 5 nitrogen and oxygen atoms in total. The maximum absolute atomic E-state index is 12.6. The molecule has 2 N–H and O–H groups in total. The SMILES string of the molecule is CCc1ccc(OCC(=O)Nc2ccccc2C(=O)Nc2ccccc2)c(Br)c1. The van der Waals surface area contributed by atoms with E-state index in [0.717, 1.165) is 10.9 Å². The maximum Gasteiger partial charge on any atom is 0.262 e. The van der Waals surface area contributed by atoms with Crippen LogP contribution < -0.4 is 15.4 Å². The zero-order chi connectivity index (χ0) is 20.6. The molecule has 0 unspecified atom stereocenters. The molecule has 0 heterocycles. The van der Waals surface area contributed by atoms with Crippen molar-refractivity contribution in [2.45, 2.75) is 13.3 Å². The average molecular weight is 453 g/mol. The van der Waals surface area contributed by atoms with Gasteiger partial charge in [0.25, 0.3) is 11.8 Å². The number of para-hydroxylation sites is 2. The fourth-order valence-corrected chi connectivity index (χ4v) is 3.26. The number of ether oxygens (including phenoxy) is 1. The second-order valence-corrected chi connectivity index (χ2v) is 7.18. The summed E-state index contributed by atoms with van der Waals surface area (Å²) in [6.07, 6.45) is 0.918. The lowest BCUT2D eigenvalue weighted by Crippen LogP contribution is -2.23. The van der Waals surface area contributed by atoms with Crippen LogP contribution in [0.2, 0.25) is 0 Å². The molecule has 3 rings (SSSR count). The predicted octanol–water partition coefficient (Wildman–Crippen LogP) is 5.28. The molecule has 0 bridgehead atoms. The third kappa shape index (κ3) is 5.68. The minimum absolute atomic E-state index is 0.168. The third-order valence-electron chi connectivity index (χ3n) is 4.24. The summed E-state index contributed by atoms with van der Waals surface area (Å²) < 4.78 is 6.41. The monoisotopic (exact) mass is 452 g/mol. The third-order valence-corrected chi connectivity index (χ3v) is 4.86. The summed E-state index contributed by atoms with van der Waals surface area (Å²) in [7, 11) is 0. The molecule has 148 valence electrons. The first-order chi connectivity index (χ1) is 14.1. The number of aryl methyl sites for hydroxylation is 1. The number of nitrogens with one attached hydrogen (secondary N) is 2. The van der Waals surface area contributed by atoms with Crippen molar-refractivity contribution >= 4 is 39.1 Å². The summed E-state index contributed by atoms with van der Waals surface area (Å²) in [5.74, 6) is -0.0604. The van der Waals surface area contributed by atoms with E-state index < -0.39 is 0 Å². The molecule has 0 radical (unpaired) electrons. The number of carbonyl (C=O) groups excluding carboxylic acids is 2. The Morgan fingerprint density at radius 1 is 0.931 bits per heavy atom.